The second-order valence-electron chi connectivity index (χ2n) is 28.5. The molecule has 94 heavy (non-hydrogen) atoms. The number of allylic oxidation sites excluding steroid dienone is 4. The van der Waals surface area contributed by atoms with Gasteiger partial charge in [-0.05, 0) is 134 Å². The summed E-state index contributed by atoms with van der Waals surface area (Å²) in [4.78, 5) is 0. The molecule has 4 aliphatic carbocycles. The summed E-state index contributed by atoms with van der Waals surface area (Å²) < 4.78 is 114. The van der Waals surface area contributed by atoms with Crippen molar-refractivity contribution in [2.24, 2.45) is 34.5 Å². The van der Waals surface area contributed by atoms with Crippen molar-refractivity contribution >= 4 is 10.4 Å². The Labute approximate surface area is 568 Å². The van der Waals surface area contributed by atoms with Crippen LogP contribution in [-0.4, -0.2) is 299 Å². The van der Waals surface area contributed by atoms with Crippen LogP contribution in [0.15, 0.2) is 23.3 Å². The molecule has 3 saturated carbocycles. The first-order valence-electron chi connectivity index (χ1n) is 32.5. The molecule has 37 atom stereocenters. The van der Waals surface area contributed by atoms with Crippen LogP contribution in [0.3, 0.4) is 0 Å². The maximum atomic E-state index is 12.5. The van der Waals surface area contributed by atoms with Crippen LogP contribution >= 0.6 is 0 Å². The van der Waals surface area contributed by atoms with Crippen LogP contribution in [0.2, 0.25) is 0 Å². The van der Waals surface area contributed by atoms with E-state index in [9.17, 15) is 89.6 Å². The minimum atomic E-state index is -5.13. The third-order valence-electron chi connectivity index (χ3n) is 22.0. The molecular weight excluding hydrogens is 1280 g/mol. The van der Waals surface area contributed by atoms with Crippen molar-refractivity contribution < 1.29 is 180 Å². The first-order valence-corrected chi connectivity index (χ1v) is 33.9. The number of rotatable bonds is 19. The fraction of sp³-hybridized carbons (Fsp3) is 0.934. The Morgan fingerprint density at radius 3 is 1.80 bits per heavy atom. The van der Waals surface area contributed by atoms with E-state index in [1.165, 1.54) is 26.3 Å². The number of aliphatic hydroxyl groups excluding tert-OH is 14. The van der Waals surface area contributed by atoms with Gasteiger partial charge in [-0.1, -0.05) is 37.1 Å². The molecule has 6 aliphatic heterocycles. The zero-order chi connectivity index (χ0) is 67.9. The van der Waals surface area contributed by atoms with Crippen molar-refractivity contribution in [1.82, 2.24) is 0 Å². The monoisotopic (exact) mass is 1380 g/mol. The summed E-state index contributed by atoms with van der Waals surface area (Å²) in [5.74, 6) is -0.591. The average Bonchev–Trinajstić information content (AvgIpc) is 1.34. The molecule has 6 saturated heterocycles. The van der Waals surface area contributed by atoms with Gasteiger partial charge in [0.15, 0.2) is 37.7 Å². The predicted molar refractivity (Wildman–Crippen MR) is 310 cm³/mol. The molecule has 0 aromatic carbocycles. The van der Waals surface area contributed by atoms with Gasteiger partial charge < -0.3 is 138 Å². The molecule has 0 aromatic heterocycles. The van der Waals surface area contributed by atoms with Gasteiger partial charge in [0.2, 0.25) is 10.4 Å². The van der Waals surface area contributed by atoms with Crippen molar-refractivity contribution in [1.29, 1.82) is 0 Å². The van der Waals surface area contributed by atoms with Gasteiger partial charge in [0.1, 0.15) is 116 Å². The number of fused-ring (bicyclic) bond motifs is 5. The summed E-state index contributed by atoms with van der Waals surface area (Å²) in [5, 5.41) is 168. The number of ether oxygens (including phenoxy) is 12. The van der Waals surface area contributed by atoms with Crippen molar-refractivity contribution in [3.05, 3.63) is 23.3 Å². The van der Waals surface area contributed by atoms with E-state index in [4.69, 9.17) is 61.0 Å². The first-order chi connectivity index (χ1) is 43.6. The third kappa shape index (κ3) is 15.6. The molecule has 10 aliphatic rings. The quantitative estimate of drug-likeness (QED) is 0.0247. The molecule has 29 unspecified atom stereocenters. The topological polar surface area (TPSA) is 481 Å². The summed E-state index contributed by atoms with van der Waals surface area (Å²) >= 11 is 0. The smallest absolute Gasteiger partial charge is 0.726 e. The van der Waals surface area contributed by atoms with Crippen LogP contribution in [-0.2, 0) is 71.4 Å². The van der Waals surface area contributed by atoms with E-state index < -0.39 is 231 Å². The zero-order valence-corrected chi connectivity index (χ0v) is 57.2. The molecule has 15 N–H and O–H groups in total. The molecule has 0 amide bonds. The molecule has 6 heterocycles. The Hall–Kier alpha value is -0.730. The van der Waals surface area contributed by atoms with Crippen LogP contribution in [0.4, 0.5) is 0 Å². The molecule has 0 spiro atoms. The average molecular weight is 1380 g/mol. The first kappa shape index (κ1) is 77.4. The van der Waals surface area contributed by atoms with Gasteiger partial charge >= 0.3 is 29.6 Å². The maximum absolute atomic E-state index is 12.5. The van der Waals surface area contributed by atoms with Crippen LogP contribution in [0.5, 0.6) is 0 Å². The SMILES string of the molecule is CC(C)=CCC[C@](C)(O)[C@H]1CC[C@H]2C3C[C@H](OC4OC(C)C(O)C(OC5OCC(OC6OC(C)C(O)C(O)C6OC6OCC(O)C(OC7OC(CO)C(O)C(O)C7O)C6O)C(O)C5OC5OC(C)C(O)C(O)C5O)C4O)[C@H]4C[C@@H](OS(=O)(=O)[O-])CC[C@]4(C)C3=CC[C@@]21C.[Na+]. The number of aliphatic hydroxyl groups is 15. The third-order valence-corrected chi connectivity index (χ3v) is 22.5. The Kier molecular flexibility index (Phi) is 25.3. The Morgan fingerprint density at radius 1 is 0.606 bits per heavy atom. The largest absolute Gasteiger partial charge is 1.00 e. The van der Waals surface area contributed by atoms with Crippen molar-refractivity contribution in [2.75, 3.05) is 19.8 Å². The molecule has 33 heteroatoms. The molecule has 9 fully saturated rings. The number of hydrogen-bond acceptors (Lipinski definition) is 31. The second kappa shape index (κ2) is 30.7. The fourth-order valence-electron chi connectivity index (χ4n) is 16.8. The van der Waals surface area contributed by atoms with Gasteiger partial charge in [-0.25, -0.2) is 8.42 Å². The van der Waals surface area contributed by atoms with E-state index in [1.54, 1.807) is 0 Å². The van der Waals surface area contributed by atoms with Crippen LogP contribution in [0, 0.1) is 34.5 Å². The Bertz CT molecular complexity index is 2680. The fourth-order valence-corrected chi connectivity index (χ4v) is 17.3. The molecular formula is C61H99NaO31S. The molecule has 31 nitrogen and oxygen atoms in total. The minimum absolute atomic E-state index is 0. The Morgan fingerprint density at radius 2 is 1.15 bits per heavy atom. The standard InChI is InChI=1S/C61H100O31S.Na/c1-23(2)10-9-15-61(8,76)36-12-11-29-28-19-33(31-18-27(92-93(77,78)79)13-16-59(31,6)30(28)14-17-60(29,36)7)85-56-48(75)50(39(66)26(5)83-56)89-57-51(91-54-45(72)42(69)37(64)24(3)82-54)41(68)35(22-81-57)87-58-52(44(71)38(65)25(4)84-58)90-53-47(74)49(32(63)21-80-53)88-55-46(73)43(70)40(67)34(20-62)86-55;/h10,14,24-29,31-58,62-76H,9,11-13,15-22H2,1-8H3,(H,77,78,79);/q;+1/p-1/t24?,25?,26?,27-,28?,29-,31+,32?,33-,34?,35?,36-,37?,38?,39?,40?,41?,42?,43?,44?,45?,46?,47?,48?,49?,50?,51?,52?,53?,54?,55?,56?,57?,58?,59+,60-,61-;/m0./s1. The van der Waals surface area contributed by atoms with E-state index in [0.29, 0.717) is 32.1 Å². The van der Waals surface area contributed by atoms with Crippen LogP contribution in [0.25, 0.3) is 0 Å². The van der Waals surface area contributed by atoms with Gasteiger partial charge in [-0.15, -0.1) is 0 Å². The summed E-state index contributed by atoms with van der Waals surface area (Å²) in [6, 6.07) is 0. The van der Waals surface area contributed by atoms with E-state index in [1.807, 2.05) is 20.8 Å². The predicted octanol–water partition coefficient (Wildman–Crippen LogP) is -6.81. The molecule has 0 radical (unpaired) electrons. The van der Waals surface area contributed by atoms with Crippen molar-refractivity contribution in [2.45, 2.75) is 303 Å². The van der Waals surface area contributed by atoms with E-state index >= 15 is 0 Å². The summed E-state index contributed by atoms with van der Waals surface area (Å²) in [6.45, 7) is 12.4. The Balaban J connectivity index is 0.0000104. The van der Waals surface area contributed by atoms with Gasteiger partial charge in [0.25, 0.3) is 0 Å². The van der Waals surface area contributed by atoms with Crippen LogP contribution < -0.4 is 29.6 Å². The van der Waals surface area contributed by atoms with Crippen molar-refractivity contribution in [3.63, 3.8) is 0 Å². The molecule has 0 bridgehead atoms. The van der Waals surface area contributed by atoms with E-state index in [0.717, 1.165) is 18.4 Å². The summed E-state index contributed by atoms with van der Waals surface area (Å²) in [7, 11) is -5.13. The van der Waals surface area contributed by atoms with Crippen molar-refractivity contribution in [3.8, 4) is 0 Å². The minimum Gasteiger partial charge on any atom is -0.726 e. The molecule has 536 valence electrons. The van der Waals surface area contributed by atoms with Gasteiger partial charge in [0.05, 0.1) is 55.9 Å². The molecule has 10 rings (SSSR count). The van der Waals surface area contributed by atoms with Gasteiger partial charge in [0, 0.05) is 0 Å². The number of hydrogen-bond donors (Lipinski definition) is 15. The summed E-state index contributed by atoms with van der Waals surface area (Å²) in [6.07, 6.45) is -41.4. The maximum Gasteiger partial charge on any atom is 1.00 e. The normalized spacial score (nSPS) is 51.4. The van der Waals surface area contributed by atoms with Gasteiger partial charge in [-0.3, -0.25) is 4.18 Å². The summed E-state index contributed by atoms with van der Waals surface area (Å²) in [5.41, 5.74) is 0.381. The second-order valence-corrected chi connectivity index (χ2v) is 29.5. The zero-order valence-electron chi connectivity index (χ0n) is 54.4. The van der Waals surface area contributed by atoms with Gasteiger partial charge in [-0.2, -0.15) is 0 Å². The van der Waals surface area contributed by atoms with Crippen LogP contribution in [0.1, 0.15) is 113 Å². The van der Waals surface area contributed by atoms with E-state index in [-0.39, 0.29) is 65.6 Å². The molecule has 0 aromatic rings. The van der Waals surface area contributed by atoms with E-state index in [2.05, 4.69) is 26.0 Å².